The van der Waals surface area contributed by atoms with Crippen LogP contribution in [-0.2, 0) is 11.8 Å². The number of nitrogens with zero attached hydrogens (tertiary/aromatic N) is 3. The van der Waals surface area contributed by atoms with Gasteiger partial charge in [0.05, 0.1) is 10.6 Å². The number of fused-ring (bicyclic) bond motifs is 1. The quantitative estimate of drug-likeness (QED) is 0.750. The summed E-state index contributed by atoms with van der Waals surface area (Å²) in [4.78, 5) is 16.0. The van der Waals surface area contributed by atoms with Crippen LogP contribution in [0.15, 0.2) is 22.7 Å². The molecule has 0 amide bonds. The van der Waals surface area contributed by atoms with Gasteiger partial charge in [0.2, 0.25) is 0 Å². The van der Waals surface area contributed by atoms with E-state index in [-0.39, 0.29) is 5.75 Å². The van der Waals surface area contributed by atoms with Crippen molar-refractivity contribution in [3.05, 3.63) is 17.5 Å². The lowest BCUT2D eigenvalue weighted by Gasteiger charge is -1.94. The predicted molar refractivity (Wildman–Crippen MR) is 78.1 cm³/mol. The minimum Gasteiger partial charge on any atom is -0.481 e. The summed E-state index contributed by atoms with van der Waals surface area (Å²) in [5.41, 5.74) is 0. The first-order chi connectivity index (χ1) is 9.13. The number of carboxylic acid groups (broad SMARTS) is 1. The normalized spacial score (nSPS) is 11.2. The lowest BCUT2D eigenvalue weighted by atomic mass is 10.4. The molecule has 3 heterocycles. The molecular formula is C11H9N3O2S3. The second kappa shape index (κ2) is 4.95. The van der Waals surface area contributed by atoms with Gasteiger partial charge in [0, 0.05) is 16.4 Å². The molecule has 0 atom stereocenters. The summed E-state index contributed by atoms with van der Waals surface area (Å²) in [5, 5.41) is 15.7. The minimum atomic E-state index is -0.855. The molecule has 0 unspecified atom stereocenters. The standard InChI is InChI=1S/C11H9N3O2S3/c1-14-11(18-5-9(15)16)12-10(13-14)8-4-7-6(19-8)2-3-17-7/h2-4H,5H2,1H3,(H,15,16). The maximum Gasteiger partial charge on any atom is 0.313 e. The largest absolute Gasteiger partial charge is 0.481 e. The molecule has 0 aromatic carbocycles. The number of hydrogen-bond acceptors (Lipinski definition) is 6. The highest BCUT2D eigenvalue weighted by atomic mass is 32.2. The van der Waals surface area contributed by atoms with Gasteiger partial charge in [-0.25, -0.2) is 9.67 Å². The van der Waals surface area contributed by atoms with Crippen molar-refractivity contribution in [3.63, 3.8) is 0 Å². The van der Waals surface area contributed by atoms with Crippen molar-refractivity contribution < 1.29 is 9.90 Å². The van der Waals surface area contributed by atoms with E-state index < -0.39 is 5.97 Å². The molecule has 98 valence electrons. The molecule has 0 aliphatic rings. The van der Waals surface area contributed by atoms with E-state index in [1.807, 2.05) is 0 Å². The third kappa shape index (κ3) is 2.51. The Morgan fingerprint density at radius 2 is 2.37 bits per heavy atom. The molecule has 0 radical (unpaired) electrons. The molecule has 3 aromatic heterocycles. The number of hydrogen-bond donors (Lipinski definition) is 1. The molecule has 0 saturated carbocycles. The molecule has 0 spiro atoms. The third-order valence-electron chi connectivity index (χ3n) is 2.41. The van der Waals surface area contributed by atoms with Gasteiger partial charge in [-0.3, -0.25) is 4.79 Å². The third-order valence-corrected chi connectivity index (χ3v) is 5.50. The van der Waals surface area contributed by atoms with E-state index in [0.29, 0.717) is 11.0 Å². The number of aliphatic carboxylic acids is 1. The lowest BCUT2D eigenvalue weighted by molar-refractivity contribution is -0.133. The molecule has 1 N–H and O–H groups in total. The molecule has 3 aromatic rings. The maximum atomic E-state index is 10.6. The van der Waals surface area contributed by atoms with Crippen LogP contribution >= 0.6 is 34.4 Å². The molecule has 0 aliphatic heterocycles. The second-order valence-electron chi connectivity index (χ2n) is 3.78. The van der Waals surface area contributed by atoms with E-state index in [4.69, 9.17) is 5.11 Å². The zero-order valence-electron chi connectivity index (χ0n) is 9.86. The zero-order valence-corrected chi connectivity index (χ0v) is 12.3. The Morgan fingerprint density at radius 1 is 1.53 bits per heavy atom. The monoisotopic (exact) mass is 311 g/mol. The van der Waals surface area contributed by atoms with Gasteiger partial charge in [-0.1, -0.05) is 11.8 Å². The maximum absolute atomic E-state index is 10.6. The number of thioether (sulfide) groups is 1. The predicted octanol–water partition coefficient (Wildman–Crippen LogP) is 2.94. The first kappa shape index (κ1) is 12.6. The lowest BCUT2D eigenvalue weighted by Crippen LogP contribution is -2.00. The Hall–Kier alpha value is -1.38. The highest BCUT2D eigenvalue weighted by Crippen LogP contribution is 2.35. The van der Waals surface area contributed by atoms with E-state index in [9.17, 15) is 4.79 Å². The summed E-state index contributed by atoms with van der Waals surface area (Å²) in [6.07, 6.45) is 0. The average molecular weight is 311 g/mol. The van der Waals surface area contributed by atoms with Crippen LogP contribution in [0.1, 0.15) is 0 Å². The molecule has 19 heavy (non-hydrogen) atoms. The first-order valence-electron chi connectivity index (χ1n) is 5.36. The number of carboxylic acids is 1. The van der Waals surface area contributed by atoms with Crippen LogP contribution < -0.4 is 0 Å². The molecule has 0 bridgehead atoms. The molecule has 8 heteroatoms. The summed E-state index contributed by atoms with van der Waals surface area (Å²) in [6.45, 7) is 0. The first-order valence-corrected chi connectivity index (χ1v) is 8.04. The van der Waals surface area contributed by atoms with Crippen molar-refractivity contribution in [3.8, 4) is 10.7 Å². The SMILES string of the molecule is Cn1nc(-c2cc3sccc3s2)nc1SCC(=O)O. The van der Waals surface area contributed by atoms with Crippen LogP contribution in [0.25, 0.3) is 20.1 Å². The van der Waals surface area contributed by atoms with Gasteiger partial charge in [-0.05, 0) is 17.5 Å². The Labute approximate surface area is 120 Å². The van der Waals surface area contributed by atoms with Crippen LogP contribution in [-0.4, -0.2) is 31.6 Å². The van der Waals surface area contributed by atoms with E-state index in [1.165, 1.54) is 21.2 Å². The van der Waals surface area contributed by atoms with Crippen molar-refractivity contribution >= 4 is 49.8 Å². The average Bonchev–Trinajstić information content (AvgIpc) is 2.99. The highest BCUT2D eigenvalue weighted by molar-refractivity contribution is 7.99. The highest BCUT2D eigenvalue weighted by Gasteiger charge is 2.13. The number of aromatic nitrogens is 3. The zero-order chi connectivity index (χ0) is 13.4. The van der Waals surface area contributed by atoms with E-state index >= 15 is 0 Å². The van der Waals surface area contributed by atoms with Gasteiger partial charge in [0.15, 0.2) is 11.0 Å². The van der Waals surface area contributed by atoms with E-state index in [1.54, 1.807) is 34.4 Å². The summed E-state index contributed by atoms with van der Waals surface area (Å²) < 4.78 is 4.08. The van der Waals surface area contributed by atoms with Gasteiger partial charge in [-0.15, -0.1) is 27.8 Å². The van der Waals surface area contributed by atoms with Gasteiger partial charge in [-0.2, -0.15) is 0 Å². The summed E-state index contributed by atoms with van der Waals surface area (Å²) in [6, 6.07) is 4.16. The molecule has 0 fully saturated rings. The van der Waals surface area contributed by atoms with Crippen LogP contribution in [0, 0.1) is 0 Å². The number of rotatable bonds is 4. The fraction of sp³-hybridized carbons (Fsp3) is 0.182. The van der Waals surface area contributed by atoms with Gasteiger partial charge >= 0.3 is 5.97 Å². The van der Waals surface area contributed by atoms with Gasteiger partial charge < -0.3 is 5.11 Å². The Bertz CT molecular complexity index is 715. The molecule has 0 aliphatic carbocycles. The molecule has 3 rings (SSSR count). The van der Waals surface area contributed by atoms with Crippen molar-refractivity contribution in [2.45, 2.75) is 5.16 Å². The van der Waals surface area contributed by atoms with Crippen molar-refractivity contribution in [2.24, 2.45) is 7.05 Å². The van der Waals surface area contributed by atoms with E-state index in [2.05, 4.69) is 27.6 Å². The second-order valence-corrected chi connectivity index (χ2v) is 6.76. The molecule has 0 saturated heterocycles. The molecule has 5 nitrogen and oxygen atoms in total. The van der Waals surface area contributed by atoms with E-state index in [0.717, 1.165) is 4.88 Å². The Morgan fingerprint density at radius 3 is 3.11 bits per heavy atom. The van der Waals surface area contributed by atoms with Crippen LogP contribution in [0.2, 0.25) is 0 Å². The fourth-order valence-electron chi connectivity index (χ4n) is 1.60. The number of aryl methyl sites for hydroxylation is 1. The Balaban J connectivity index is 1.90. The van der Waals surface area contributed by atoms with Gasteiger partial charge in [0.1, 0.15) is 0 Å². The van der Waals surface area contributed by atoms with Crippen molar-refractivity contribution in [2.75, 3.05) is 5.75 Å². The van der Waals surface area contributed by atoms with Crippen LogP contribution in [0.5, 0.6) is 0 Å². The van der Waals surface area contributed by atoms with Crippen LogP contribution in [0.3, 0.4) is 0 Å². The Kier molecular flexibility index (Phi) is 3.29. The number of thiophene rings is 2. The minimum absolute atomic E-state index is 0.00843. The molecular weight excluding hydrogens is 302 g/mol. The smallest absolute Gasteiger partial charge is 0.313 e. The van der Waals surface area contributed by atoms with Gasteiger partial charge in [0.25, 0.3) is 0 Å². The fourth-order valence-corrected chi connectivity index (χ4v) is 4.27. The summed E-state index contributed by atoms with van der Waals surface area (Å²) in [7, 11) is 1.77. The van der Waals surface area contributed by atoms with Crippen molar-refractivity contribution in [1.29, 1.82) is 0 Å². The topological polar surface area (TPSA) is 68.0 Å². The summed E-state index contributed by atoms with van der Waals surface area (Å²) in [5.74, 6) is -0.208. The number of carbonyl (C=O) groups is 1. The summed E-state index contributed by atoms with van der Waals surface area (Å²) >= 11 is 4.52. The van der Waals surface area contributed by atoms with Crippen molar-refractivity contribution in [1.82, 2.24) is 14.8 Å². The van der Waals surface area contributed by atoms with Crippen LogP contribution in [0.4, 0.5) is 0 Å².